The summed E-state index contributed by atoms with van der Waals surface area (Å²) in [6.07, 6.45) is 3.99. The first kappa shape index (κ1) is 16.7. The molecule has 0 N–H and O–H groups in total. The highest BCUT2D eigenvalue weighted by molar-refractivity contribution is 7.10. The van der Waals surface area contributed by atoms with E-state index in [2.05, 4.69) is 20.1 Å². The van der Waals surface area contributed by atoms with Crippen LogP contribution < -0.4 is 4.90 Å². The van der Waals surface area contributed by atoms with Crippen molar-refractivity contribution >= 4 is 23.1 Å². The van der Waals surface area contributed by atoms with Gasteiger partial charge < -0.3 is 9.80 Å². The van der Waals surface area contributed by atoms with Crippen LogP contribution in [0.4, 0.5) is 5.82 Å². The molecule has 0 radical (unpaired) electrons. The van der Waals surface area contributed by atoms with Crippen molar-refractivity contribution in [3.8, 4) is 11.3 Å². The predicted octanol–water partition coefficient (Wildman–Crippen LogP) is 2.49. The van der Waals surface area contributed by atoms with E-state index in [9.17, 15) is 4.79 Å². The quantitative estimate of drug-likeness (QED) is 0.711. The molecule has 1 amide bonds. The van der Waals surface area contributed by atoms with Crippen molar-refractivity contribution in [3.63, 3.8) is 0 Å². The van der Waals surface area contributed by atoms with Crippen molar-refractivity contribution < 1.29 is 4.79 Å². The standard InChI is InChI=1S/C19H19N5OS/c25-19(14-16-2-1-13-26-16)24-11-9-23(10-12-24)18-4-3-17(21-22-18)15-5-7-20-8-6-15/h1-8,13H,9-12,14H2. The van der Waals surface area contributed by atoms with Crippen LogP contribution in [0.25, 0.3) is 11.3 Å². The molecule has 0 unspecified atom stereocenters. The minimum atomic E-state index is 0.200. The van der Waals surface area contributed by atoms with Gasteiger partial charge in [-0.25, -0.2) is 0 Å². The SMILES string of the molecule is O=C(Cc1cccs1)N1CCN(c2ccc(-c3ccncc3)nn2)CC1. The van der Waals surface area contributed by atoms with Crippen molar-refractivity contribution in [1.82, 2.24) is 20.1 Å². The molecule has 3 aromatic heterocycles. The summed E-state index contributed by atoms with van der Waals surface area (Å²) in [5.74, 6) is 1.05. The highest BCUT2D eigenvalue weighted by atomic mass is 32.1. The van der Waals surface area contributed by atoms with Crippen LogP contribution in [0.15, 0.2) is 54.2 Å². The molecule has 0 aliphatic carbocycles. The average molecular weight is 365 g/mol. The molecule has 0 saturated carbocycles. The Morgan fingerprint density at radius 3 is 2.46 bits per heavy atom. The molecule has 3 aromatic rings. The van der Waals surface area contributed by atoms with Gasteiger partial charge in [-0.2, -0.15) is 0 Å². The zero-order chi connectivity index (χ0) is 17.8. The molecule has 4 heterocycles. The van der Waals surface area contributed by atoms with Gasteiger partial charge in [-0.3, -0.25) is 9.78 Å². The summed E-state index contributed by atoms with van der Waals surface area (Å²) in [6, 6.07) is 11.8. The summed E-state index contributed by atoms with van der Waals surface area (Å²) < 4.78 is 0. The van der Waals surface area contributed by atoms with Gasteiger partial charge in [0.1, 0.15) is 0 Å². The molecule has 1 aliphatic heterocycles. The predicted molar refractivity (Wildman–Crippen MR) is 102 cm³/mol. The van der Waals surface area contributed by atoms with Crippen molar-refractivity contribution in [1.29, 1.82) is 0 Å². The molecule has 0 atom stereocenters. The van der Waals surface area contributed by atoms with E-state index in [1.165, 1.54) is 0 Å². The number of anilines is 1. The number of pyridine rings is 1. The van der Waals surface area contributed by atoms with E-state index >= 15 is 0 Å². The van der Waals surface area contributed by atoms with Crippen molar-refractivity contribution in [2.24, 2.45) is 0 Å². The molecular formula is C19H19N5OS. The number of carbonyl (C=O) groups is 1. The molecule has 1 fully saturated rings. The molecule has 26 heavy (non-hydrogen) atoms. The summed E-state index contributed by atoms with van der Waals surface area (Å²) in [6.45, 7) is 2.99. The molecule has 0 spiro atoms. The van der Waals surface area contributed by atoms with Gasteiger partial charge >= 0.3 is 0 Å². The molecule has 7 heteroatoms. The van der Waals surface area contributed by atoms with Gasteiger partial charge in [-0.15, -0.1) is 21.5 Å². The molecule has 0 bridgehead atoms. The lowest BCUT2D eigenvalue weighted by Gasteiger charge is -2.35. The zero-order valence-electron chi connectivity index (χ0n) is 14.3. The number of nitrogens with zero attached hydrogens (tertiary/aromatic N) is 5. The maximum atomic E-state index is 12.4. The van der Waals surface area contributed by atoms with Crippen LogP contribution in [-0.4, -0.2) is 52.2 Å². The first-order chi connectivity index (χ1) is 12.8. The van der Waals surface area contributed by atoms with Crippen LogP contribution in [0.1, 0.15) is 4.88 Å². The number of hydrogen-bond donors (Lipinski definition) is 0. The molecular weight excluding hydrogens is 346 g/mol. The maximum Gasteiger partial charge on any atom is 0.227 e. The summed E-state index contributed by atoms with van der Waals surface area (Å²) in [4.78, 5) is 21.6. The fraction of sp³-hybridized carbons (Fsp3) is 0.263. The monoisotopic (exact) mass is 365 g/mol. The van der Waals surface area contributed by atoms with Crippen molar-refractivity contribution in [3.05, 3.63) is 59.0 Å². The minimum absolute atomic E-state index is 0.200. The van der Waals surface area contributed by atoms with Gasteiger partial charge in [0.25, 0.3) is 0 Å². The Balaban J connectivity index is 1.35. The molecule has 1 aliphatic rings. The van der Waals surface area contributed by atoms with Crippen LogP contribution in [0, 0.1) is 0 Å². The fourth-order valence-corrected chi connectivity index (χ4v) is 3.73. The van der Waals surface area contributed by atoms with Crippen LogP contribution in [0.2, 0.25) is 0 Å². The number of aromatic nitrogens is 3. The molecule has 132 valence electrons. The third-order valence-electron chi connectivity index (χ3n) is 4.49. The first-order valence-electron chi connectivity index (χ1n) is 8.59. The van der Waals surface area contributed by atoms with E-state index in [1.54, 1.807) is 23.7 Å². The van der Waals surface area contributed by atoms with Gasteiger partial charge in [0.15, 0.2) is 5.82 Å². The smallest absolute Gasteiger partial charge is 0.227 e. The van der Waals surface area contributed by atoms with E-state index in [1.807, 2.05) is 46.7 Å². The Kier molecular flexibility index (Phi) is 4.88. The normalized spacial score (nSPS) is 14.5. The third kappa shape index (κ3) is 3.72. The molecule has 4 rings (SSSR count). The molecule has 0 aromatic carbocycles. The van der Waals surface area contributed by atoms with Crippen LogP contribution in [-0.2, 0) is 11.2 Å². The van der Waals surface area contributed by atoms with E-state index < -0.39 is 0 Å². The largest absolute Gasteiger partial charge is 0.352 e. The number of rotatable bonds is 4. The Morgan fingerprint density at radius 2 is 1.81 bits per heavy atom. The van der Waals surface area contributed by atoms with E-state index in [-0.39, 0.29) is 5.91 Å². The zero-order valence-corrected chi connectivity index (χ0v) is 15.1. The topological polar surface area (TPSA) is 62.2 Å². The second-order valence-electron chi connectivity index (χ2n) is 6.14. The van der Waals surface area contributed by atoms with Gasteiger partial charge in [0.2, 0.25) is 5.91 Å². The Hall–Kier alpha value is -2.80. The fourth-order valence-electron chi connectivity index (χ4n) is 3.03. The minimum Gasteiger partial charge on any atom is -0.352 e. The second kappa shape index (κ2) is 7.61. The summed E-state index contributed by atoms with van der Waals surface area (Å²) in [5.41, 5.74) is 1.84. The molecule has 1 saturated heterocycles. The number of hydrogen-bond acceptors (Lipinski definition) is 6. The maximum absolute atomic E-state index is 12.4. The Bertz CT molecular complexity index is 843. The van der Waals surface area contributed by atoms with E-state index in [0.717, 1.165) is 48.1 Å². The number of thiophene rings is 1. The highest BCUT2D eigenvalue weighted by Gasteiger charge is 2.22. The van der Waals surface area contributed by atoms with Gasteiger partial charge in [-0.1, -0.05) is 6.07 Å². The average Bonchev–Trinajstić information content (AvgIpc) is 3.22. The summed E-state index contributed by atoms with van der Waals surface area (Å²) in [7, 11) is 0. The lowest BCUT2D eigenvalue weighted by Crippen LogP contribution is -2.49. The van der Waals surface area contributed by atoms with E-state index in [4.69, 9.17) is 0 Å². The summed E-state index contributed by atoms with van der Waals surface area (Å²) in [5, 5.41) is 10.7. The number of amides is 1. The summed E-state index contributed by atoms with van der Waals surface area (Å²) >= 11 is 1.63. The highest BCUT2D eigenvalue weighted by Crippen LogP contribution is 2.19. The third-order valence-corrected chi connectivity index (χ3v) is 5.36. The lowest BCUT2D eigenvalue weighted by atomic mass is 10.2. The lowest BCUT2D eigenvalue weighted by molar-refractivity contribution is -0.130. The van der Waals surface area contributed by atoms with Crippen LogP contribution in [0.5, 0.6) is 0 Å². The number of piperazine rings is 1. The second-order valence-corrected chi connectivity index (χ2v) is 7.17. The Labute approximate surface area is 156 Å². The van der Waals surface area contributed by atoms with Crippen molar-refractivity contribution in [2.45, 2.75) is 6.42 Å². The van der Waals surface area contributed by atoms with Gasteiger partial charge in [0.05, 0.1) is 12.1 Å². The molecule has 6 nitrogen and oxygen atoms in total. The van der Waals surface area contributed by atoms with Crippen molar-refractivity contribution in [2.75, 3.05) is 31.1 Å². The van der Waals surface area contributed by atoms with Gasteiger partial charge in [-0.05, 0) is 35.7 Å². The number of carbonyl (C=O) groups excluding carboxylic acids is 1. The first-order valence-corrected chi connectivity index (χ1v) is 9.47. The van der Waals surface area contributed by atoms with Crippen LogP contribution >= 0.6 is 11.3 Å². The Morgan fingerprint density at radius 1 is 1.00 bits per heavy atom. The van der Waals surface area contributed by atoms with E-state index in [0.29, 0.717) is 6.42 Å². The van der Waals surface area contributed by atoms with Gasteiger partial charge in [0, 0.05) is 49.0 Å². The van der Waals surface area contributed by atoms with Crippen LogP contribution in [0.3, 0.4) is 0 Å².